The highest BCUT2D eigenvalue weighted by molar-refractivity contribution is 6.99. The van der Waals surface area contributed by atoms with Crippen molar-refractivity contribution in [1.82, 2.24) is 0 Å². The molecule has 1 aliphatic rings. The van der Waals surface area contributed by atoms with Gasteiger partial charge in [0.05, 0.1) is 6.10 Å². The van der Waals surface area contributed by atoms with Gasteiger partial charge in [-0.3, -0.25) is 0 Å². The average Bonchev–Trinajstić information content (AvgIpc) is 2.79. The number of rotatable bonds is 8. The minimum Gasteiger partial charge on any atom is -0.398 e. The fourth-order valence-corrected chi connectivity index (χ4v) is 8.97. The van der Waals surface area contributed by atoms with E-state index in [2.05, 4.69) is 81.6 Å². The zero-order chi connectivity index (χ0) is 23.2. The van der Waals surface area contributed by atoms with Crippen LogP contribution < -0.4 is 10.4 Å². The topological polar surface area (TPSA) is 47.9 Å². The Hall–Kier alpha value is -2.24. The van der Waals surface area contributed by atoms with Crippen LogP contribution in [0.5, 0.6) is 0 Å². The zero-order valence-corrected chi connectivity index (χ0v) is 20.4. The summed E-state index contributed by atoms with van der Waals surface area (Å²) in [7, 11) is -2.82. The Kier molecular flexibility index (Phi) is 8.07. The second-order valence-corrected chi connectivity index (χ2v) is 13.2. The van der Waals surface area contributed by atoms with Crippen LogP contribution >= 0.6 is 0 Å². The third-order valence-electron chi connectivity index (χ3n) is 5.76. The lowest BCUT2D eigenvalue weighted by atomic mass is 10.1. The molecule has 1 N–H and O–H groups in total. The van der Waals surface area contributed by atoms with Gasteiger partial charge in [0.2, 0.25) is 0 Å². The first-order chi connectivity index (χ1) is 15.3. The van der Waals surface area contributed by atoms with Gasteiger partial charge in [-0.25, -0.2) is 0 Å². The molecule has 0 aromatic heterocycles. The Morgan fingerprint density at radius 1 is 1.06 bits per heavy atom. The molecule has 3 rings (SSSR count). The fraction of sp³-hybridized carbons (Fsp3) is 0.370. The number of aliphatic hydroxyl groups excluding tert-OH is 1. The van der Waals surface area contributed by atoms with Gasteiger partial charge < -0.3 is 19.0 Å². The third kappa shape index (κ3) is 5.05. The van der Waals surface area contributed by atoms with E-state index in [9.17, 15) is 5.11 Å². The van der Waals surface area contributed by atoms with Crippen molar-refractivity contribution in [2.75, 3.05) is 6.61 Å². The van der Waals surface area contributed by atoms with Gasteiger partial charge in [-0.1, -0.05) is 94.1 Å². The van der Waals surface area contributed by atoms with Gasteiger partial charge in [0.25, 0.3) is 8.32 Å². The van der Waals surface area contributed by atoms with E-state index in [0.717, 1.165) is 0 Å². The summed E-state index contributed by atoms with van der Waals surface area (Å²) in [6.45, 7) is 12.7. The second kappa shape index (κ2) is 10.6. The van der Waals surface area contributed by atoms with Crippen molar-refractivity contribution in [1.29, 1.82) is 0 Å². The van der Waals surface area contributed by atoms with Crippen LogP contribution in [0.25, 0.3) is 0 Å². The molecule has 0 spiro atoms. The lowest BCUT2D eigenvalue weighted by Crippen LogP contribution is -2.69. The Morgan fingerprint density at radius 3 is 2.09 bits per heavy atom. The molecule has 0 aliphatic carbocycles. The van der Waals surface area contributed by atoms with Crippen molar-refractivity contribution in [3.05, 3.63) is 91.2 Å². The summed E-state index contributed by atoms with van der Waals surface area (Å²) < 4.78 is 18.9. The molecule has 0 radical (unpaired) electrons. The smallest absolute Gasteiger partial charge is 0.262 e. The van der Waals surface area contributed by atoms with Gasteiger partial charge >= 0.3 is 0 Å². The van der Waals surface area contributed by atoms with Crippen molar-refractivity contribution < 1.29 is 19.0 Å². The molecule has 0 saturated heterocycles. The number of hydrogen-bond acceptors (Lipinski definition) is 4. The summed E-state index contributed by atoms with van der Waals surface area (Å²) in [6, 6.07) is 20.9. The maximum atomic E-state index is 10.8. The van der Waals surface area contributed by atoms with E-state index in [1.54, 1.807) is 0 Å². The van der Waals surface area contributed by atoms with Crippen LogP contribution in [-0.4, -0.2) is 44.6 Å². The molecule has 5 heteroatoms. The van der Waals surface area contributed by atoms with E-state index in [1.165, 1.54) is 16.4 Å². The molecule has 0 fully saturated rings. The quantitative estimate of drug-likeness (QED) is 0.376. The highest BCUT2D eigenvalue weighted by Crippen LogP contribution is 2.39. The first-order valence-corrected chi connectivity index (χ1v) is 13.0. The average molecular weight is 451 g/mol. The molecular weight excluding hydrogens is 416 g/mol. The molecule has 4 atom stereocenters. The normalized spacial score (nSPS) is 22.2. The number of aliphatic hydroxyl groups is 1. The van der Waals surface area contributed by atoms with Crippen LogP contribution in [0.1, 0.15) is 27.7 Å². The highest BCUT2D eigenvalue weighted by Gasteiger charge is 2.52. The maximum Gasteiger partial charge on any atom is 0.262 e. The van der Waals surface area contributed by atoms with Crippen molar-refractivity contribution in [3.63, 3.8) is 0 Å². The van der Waals surface area contributed by atoms with Crippen LogP contribution in [0.4, 0.5) is 0 Å². The lowest BCUT2D eigenvalue weighted by molar-refractivity contribution is -0.186. The van der Waals surface area contributed by atoms with Gasteiger partial charge in [-0.15, -0.1) is 5.73 Å². The van der Waals surface area contributed by atoms with Crippen molar-refractivity contribution in [3.8, 4) is 0 Å². The Balaban J connectivity index is 2.15. The monoisotopic (exact) mass is 450 g/mol. The minimum atomic E-state index is -2.82. The molecule has 170 valence electrons. The van der Waals surface area contributed by atoms with Crippen molar-refractivity contribution >= 4 is 18.7 Å². The largest absolute Gasteiger partial charge is 0.398 e. The van der Waals surface area contributed by atoms with E-state index in [4.69, 9.17) is 13.9 Å². The first-order valence-electron chi connectivity index (χ1n) is 11.1. The third-order valence-corrected chi connectivity index (χ3v) is 10.8. The van der Waals surface area contributed by atoms with Crippen LogP contribution in [0, 0.1) is 0 Å². The van der Waals surface area contributed by atoms with E-state index in [-0.39, 0.29) is 5.04 Å². The number of benzene rings is 2. The fourth-order valence-electron chi connectivity index (χ4n) is 4.34. The van der Waals surface area contributed by atoms with E-state index in [1.807, 2.05) is 31.2 Å². The highest BCUT2D eigenvalue weighted by atomic mass is 28.4. The summed E-state index contributed by atoms with van der Waals surface area (Å²) in [4.78, 5) is 0. The van der Waals surface area contributed by atoms with Crippen molar-refractivity contribution in [2.24, 2.45) is 0 Å². The predicted molar refractivity (Wildman–Crippen MR) is 132 cm³/mol. The summed E-state index contributed by atoms with van der Waals surface area (Å²) in [5, 5.41) is 13.0. The van der Waals surface area contributed by atoms with E-state index >= 15 is 0 Å². The van der Waals surface area contributed by atoms with Gasteiger partial charge in [-0.05, 0) is 34.5 Å². The molecular formula is C27H34O4Si. The summed E-state index contributed by atoms with van der Waals surface area (Å²) in [5.74, 6) is 0. The lowest BCUT2D eigenvalue weighted by Gasteiger charge is -2.47. The molecule has 2 aromatic rings. The first kappa shape index (κ1) is 24.4. The molecule has 1 aliphatic heterocycles. The molecule has 0 saturated carbocycles. The SMILES string of the molecule is C=C=C[C@H](O)[C@H]1O[C@H](OCC)C=C[C@@H]1O[Si](c1ccccc1)(c1ccccc1)C(C)(C)C. The molecule has 2 aromatic carbocycles. The Labute approximate surface area is 193 Å². The Bertz CT molecular complexity index is 890. The van der Waals surface area contributed by atoms with Gasteiger partial charge in [0.1, 0.15) is 12.2 Å². The van der Waals surface area contributed by atoms with E-state index < -0.39 is 32.9 Å². The molecule has 0 unspecified atom stereocenters. The van der Waals surface area contributed by atoms with E-state index in [0.29, 0.717) is 6.61 Å². The standard InChI is InChI=1S/C27H34O4Si/c1-6-14-23(28)26-24(19-20-25(30-26)29-7-2)31-32(27(3,4)5,21-15-10-8-11-16-21)22-17-12-9-13-18-22/h8-20,23-26,28H,1,7H2,2-5H3/t23-,24-,25-,26+/m0/s1. The van der Waals surface area contributed by atoms with Crippen LogP contribution in [0.15, 0.2) is 91.2 Å². The molecule has 4 nitrogen and oxygen atoms in total. The molecule has 0 amide bonds. The summed E-state index contributed by atoms with van der Waals surface area (Å²) in [6.07, 6.45) is 2.76. The molecule has 32 heavy (non-hydrogen) atoms. The number of hydrogen-bond donors (Lipinski definition) is 1. The summed E-state index contributed by atoms with van der Waals surface area (Å²) >= 11 is 0. The van der Waals surface area contributed by atoms with Gasteiger partial charge in [-0.2, -0.15) is 0 Å². The maximum absolute atomic E-state index is 10.8. The van der Waals surface area contributed by atoms with Gasteiger partial charge in [0.15, 0.2) is 6.29 Å². The minimum absolute atomic E-state index is 0.190. The summed E-state index contributed by atoms with van der Waals surface area (Å²) in [5.41, 5.74) is 2.67. The van der Waals surface area contributed by atoms with Crippen LogP contribution in [-0.2, 0) is 13.9 Å². The Morgan fingerprint density at radius 2 is 1.62 bits per heavy atom. The van der Waals surface area contributed by atoms with Crippen LogP contribution in [0.3, 0.4) is 0 Å². The molecule has 1 heterocycles. The zero-order valence-electron chi connectivity index (χ0n) is 19.4. The number of ether oxygens (including phenoxy) is 2. The second-order valence-electron chi connectivity index (χ2n) is 8.92. The van der Waals surface area contributed by atoms with Crippen molar-refractivity contribution in [2.45, 2.75) is 57.3 Å². The predicted octanol–water partition coefficient (Wildman–Crippen LogP) is 3.95. The van der Waals surface area contributed by atoms with Gasteiger partial charge in [0, 0.05) is 6.61 Å². The van der Waals surface area contributed by atoms with Crippen LogP contribution in [0.2, 0.25) is 5.04 Å². The molecule has 0 bridgehead atoms.